The van der Waals surface area contributed by atoms with Crippen LogP contribution in [0.3, 0.4) is 0 Å². The molecule has 1 aliphatic rings. The van der Waals surface area contributed by atoms with Gasteiger partial charge in [-0.2, -0.15) is 0 Å². The van der Waals surface area contributed by atoms with E-state index in [9.17, 15) is 19.5 Å². The molecule has 0 unspecified atom stereocenters. The number of ketones is 1. The van der Waals surface area contributed by atoms with Crippen molar-refractivity contribution in [1.29, 1.82) is 0 Å². The van der Waals surface area contributed by atoms with Crippen molar-refractivity contribution < 1.29 is 29.0 Å². The predicted molar refractivity (Wildman–Crippen MR) is 122 cm³/mol. The molecule has 0 aliphatic carbocycles. The van der Waals surface area contributed by atoms with Crippen LogP contribution in [0.1, 0.15) is 38.9 Å². The number of likely N-dealkylation sites (tertiary alicyclic amines) is 1. The molecule has 1 fully saturated rings. The average molecular weight is 456 g/mol. The molecule has 33 heavy (non-hydrogen) atoms. The van der Waals surface area contributed by atoms with Crippen LogP contribution in [0.5, 0.6) is 5.75 Å². The molecule has 0 radical (unpaired) electrons. The number of hydrogen-bond acceptors (Lipinski definition) is 7. The van der Waals surface area contributed by atoms with Crippen molar-refractivity contribution in [3.63, 3.8) is 0 Å². The van der Waals surface area contributed by atoms with E-state index < -0.39 is 23.7 Å². The summed E-state index contributed by atoms with van der Waals surface area (Å²) in [5.41, 5.74) is 1.90. The maximum atomic E-state index is 13.2. The lowest BCUT2D eigenvalue weighted by Crippen LogP contribution is -2.35. The SMILES string of the molecule is COC(=O)c1[nH]c(C)c(/C(O)=C2\C(=O)C(=O)N(CCN(C)C)[C@@H]2c2ccccc2OC)c1C. The number of aliphatic hydroxyl groups excluding tert-OH is 1. The summed E-state index contributed by atoms with van der Waals surface area (Å²) in [7, 11) is 6.51. The number of Topliss-reactive ketones (excluding diaryl/α,β-unsaturated/α-hetero) is 1. The Balaban J connectivity index is 2.26. The Morgan fingerprint density at radius 3 is 2.45 bits per heavy atom. The lowest BCUT2D eigenvalue weighted by atomic mass is 9.93. The van der Waals surface area contributed by atoms with Gasteiger partial charge in [0.2, 0.25) is 0 Å². The first-order chi connectivity index (χ1) is 15.6. The Kier molecular flexibility index (Phi) is 6.92. The Hall–Kier alpha value is -3.59. The Bertz CT molecular complexity index is 1130. The van der Waals surface area contributed by atoms with E-state index in [1.807, 2.05) is 19.0 Å². The van der Waals surface area contributed by atoms with Crippen LogP contribution in [-0.2, 0) is 14.3 Å². The van der Waals surface area contributed by atoms with Gasteiger partial charge in [0.25, 0.3) is 11.7 Å². The monoisotopic (exact) mass is 455 g/mol. The number of aromatic nitrogens is 1. The van der Waals surface area contributed by atoms with E-state index in [4.69, 9.17) is 9.47 Å². The summed E-state index contributed by atoms with van der Waals surface area (Å²) < 4.78 is 10.3. The number of aliphatic hydroxyl groups is 1. The van der Waals surface area contributed by atoms with E-state index in [2.05, 4.69) is 4.98 Å². The molecule has 0 bridgehead atoms. The number of likely N-dealkylation sites (N-methyl/N-ethyl adjacent to an activating group) is 1. The summed E-state index contributed by atoms with van der Waals surface area (Å²) in [6, 6.07) is 6.23. The van der Waals surface area contributed by atoms with Gasteiger partial charge in [0.05, 0.1) is 25.8 Å². The van der Waals surface area contributed by atoms with Gasteiger partial charge in [-0.05, 0) is 39.6 Å². The van der Waals surface area contributed by atoms with Crippen LogP contribution in [0.2, 0.25) is 0 Å². The number of amides is 1. The minimum Gasteiger partial charge on any atom is -0.507 e. The van der Waals surface area contributed by atoms with Gasteiger partial charge < -0.3 is 29.4 Å². The molecular weight excluding hydrogens is 426 g/mol. The largest absolute Gasteiger partial charge is 0.507 e. The number of methoxy groups -OCH3 is 2. The van der Waals surface area contributed by atoms with Crippen molar-refractivity contribution in [3.05, 3.63) is 57.9 Å². The molecule has 1 saturated heterocycles. The summed E-state index contributed by atoms with van der Waals surface area (Å²) in [6.07, 6.45) is 0. The molecule has 1 amide bonds. The highest BCUT2D eigenvalue weighted by Crippen LogP contribution is 2.43. The molecule has 0 saturated carbocycles. The zero-order chi connectivity index (χ0) is 24.4. The van der Waals surface area contributed by atoms with Gasteiger partial charge in [0.15, 0.2) is 0 Å². The van der Waals surface area contributed by atoms with Crippen LogP contribution in [-0.4, -0.2) is 79.0 Å². The standard InChI is InChI=1S/C24H29N3O6/c1-13-17(14(2)25-19(13)24(31)33-6)21(28)18-20(15-9-7-8-10-16(15)32-5)27(12-11-26(3)4)23(30)22(18)29/h7-10,20,25,28H,11-12H2,1-6H3/b21-18+/t20-/m1/s1. The summed E-state index contributed by atoms with van der Waals surface area (Å²) in [6.45, 7) is 4.11. The molecule has 2 aromatic rings. The topological polar surface area (TPSA) is 112 Å². The number of nitrogens with one attached hydrogen (secondary N) is 1. The first-order valence-corrected chi connectivity index (χ1v) is 10.5. The molecule has 1 aromatic carbocycles. The van der Waals surface area contributed by atoms with Crippen LogP contribution in [0.4, 0.5) is 0 Å². The summed E-state index contributed by atoms with van der Waals surface area (Å²) in [5.74, 6) is -1.95. The van der Waals surface area contributed by atoms with Crippen molar-refractivity contribution >= 4 is 23.4 Å². The Labute approximate surface area is 192 Å². The highest BCUT2D eigenvalue weighted by atomic mass is 16.5. The Morgan fingerprint density at radius 2 is 1.85 bits per heavy atom. The third kappa shape index (κ3) is 4.23. The zero-order valence-electron chi connectivity index (χ0n) is 19.7. The van der Waals surface area contributed by atoms with Crippen molar-refractivity contribution in [2.75, 3.05) is 41.4 Å². The number of ether oxygens (including phenoxy) is 2. The highest BCUT2D eigenvalue weighted by molar-refractivity contribution is 6.46. The fourth-order valence-electron chi connectivity index (χ4n) is 4.18. The highest BCUT2D eigenvalue weighted by Gasteiger charge is 2.47. The second kappa shape index (κ2) is 9.50. The second-order valence-electron chi connectivity index (χ2n) is 8.15. The first-order valence-electron chi connectivity index (χ1n) is 10.5. The molecule has 1 atom stereocenters. The predicted octanol–water partition coefficient (Wildman–Crippen LogP) is 2.41. The number of benzene rings is 1. The zero-order valence-corrected chi connectivity index (χ0v) is 19.7. The second-order valence-corrected chi connectivity index (χ2v) is 8.15. The van der Waals surface area contributed by atoms with Crippen molar-refractivity contribution in [2.24, 2.45) is 0 Å². The number of aromatic amines is 1. The number of aryl methyl sites for hydroxylation is 1. The summed E-state index contributed by atoms with van der Waals surface area (Å²) in [4.78, 5) is 44.7. The van der Waals surface area contributed by atoms with E-state index in [1.165, 1.54) is 19.1 Å². The summed E-state index contributed by atoms with van der Waals surface area (Å²) in [5, 5.41) is 11.4. The first kappa shape index (κ1) is 24.1. The maximum absolute atomic E-state index is 13.2. The fraction of sp³-hybridized carbons (Fsp3) is 0.375. The molecule has 9 nitrogen and oxygen atoms in total. The van der Waals surface area contributed by atoms with E-state index in [0.717, 1.165) is 0 Å². The molecule has 0 spiro atoms. The molecule has 2 N–H and O–H groups in total. The van der Waals surface area contributed by atoms with Gasteiger partial charge in [-0.1, -0.05) is 18.2 Å². The number of para-hydroxylation sites is 1. The average Bonchev–Trinajstić information content (AvgIpc) is 3.23. The van der Waals surface area contributed by atoms with E-state index in [1.54, 1.807) is 38.1 Å². The van der Waals surface area contributed by atoms with Gasteiger partial charge >= 0.3 is 5.97 Å². The minimum atomic E-state index is -0.851. The smallest absolute Gasteiger partial charge is 0.354 e. The van der Waals surface area contributed by atoms with E-state index in [-0.39, 0.29) is 23.6 Å². The van der Waals surface area contributed by atoms with Crippen molar-refractivity contribution in [2.45, 2.75) is 19.9 Å². The Morgan fingerprint density at radius 1 is 1.18 bits per heavy atom. The van der Waals surface area contributed by atoms with Gasteiger partial charge in [0.1, 0.15) is 17.2 Å². The maximum Gasteiger partial charge on any atom is 0.354 e. The quantitative estimate of drug-likeness (QED) is 0.285. The number of esters is 1. The van der Waals surface area contributed by atoms with Crippen LogP contribution in [0.15, 0.2) is 29.8 Å². The van der Waals surface area contributed by atoms with Crippen LogP contribution >= 0.6 is 0 Å². The van der Waals surface area contributed by atoms with Gasteiger partial charge in [-0.3, -0.25) is 9.59 Å². The van der Waals surface area contributed by atoms with Gasteiger partial charge in [-0.25, -0.2) is 4.79 Å². The number of carbonyl (C=O) groups is 3. The molecule has 176 valence electrons. The van der Waals surface area contributed by atoms with Crippen molar-refractivity contribution in [1.82, 2.24) is 14.8 Å². The fourth-order valence-corrected chi connectivity index (χ4v) is 4.18. The molecule has 1 aromatic heterocycles. The minimum absolute atomic E-state index is 0.0510. The number of nitrogens with zero attached hydrogens (tertiary/aromatic N) is 2. The molecule has 3 rings (SSSR count). The van der Waals surface area contributed by atoms with Gasteiger partial charge in [0, 0.05) is 29.9 Å². The number of H-pyrrole nitrogens is 1. The lowest BCUT2D eigenvalue weighted by molar-refractivity contribution is -0.140. The van der Waals surface area contributed by atoms with E-state index in [0.29, 0.717) is 34.7 Å². The number of hydrogen-bond donors (Lipinski definition) is 2. The molecule has 2 heterocycles. The van der Waals surface area contributed by atoms with Crippen LogP contribution in [0.25, 0.3) is 5.76 Å². The van der Waals surface area contributed by atoms with E-state index >= 15 is 0 Å². The lowest BCUT2D eigenvalue weighted by Gasteiger charge is -2.27. The third-order valence-electron chi connectivity index (χ3n) is 5.83. The molecular formula is C24H29N3O6. The van der Waals surface area contributed by atoms with Crippen LogP contribution in [0, 0.1) is 13.8 Å². The molecule has 1 aliphatic heterocycles. The van der Waals surface area contributed by atoms with Crippen LogP contribution < -0.4 is 4.74 Å². The normalized spacial score (nSPS) is 17.7. The number of carbonyl (C=O) groups excluding carboxylic acids is 3. The third-order valence-corrected chi connectivity index (χ3v) is 5.83. The van der Waals surface area contributed by atoms with Gasteiger partial charge in [-0.15, -0.1) is 0 Å². The summed E-state index contributed by atoms with van der Waals surface area (Å²) >= 11 is 0. The molecule has 9 heteroatoms. The van der Waals surface area contributed by atoms with Crippen molar-refractivity contribution in [3.8, 4) is 5.75 Å². The number of rotatable bonds is 7.